The third kappa shape index (κ3) is 4.97. The molecule has 2 aromatic rings. The number of hydrogen-bond acceptors (Lipinski definition) is 3. The highest BCUT2D eigenvalue weighted by Gasteiger charge is 2.44. The van der Waals surface area contributed by atoms with Crippen molar-refractivity contribution in [2.75, 3.05) is 0 Å². The fourth-order valence-electron chi connectivity index (χ4n) is 3.75. The highest BCUT2D eigenvalue weighted by atomic mass is 16.6. The summed E-state index contributed by atoms with van der Waals surface area (Å²) in [6.07, 6.45) is 0.649. The summed E-state index contributed by atoms with van der Waals surface area (Å²) in [4.78, 5) is 26.9. The molecule has 3 amide bonds. The summed E-state index contributed by atoms with van der Waals surface area (Å²) >= 11 is 0. The molecule has 5 heteroatoms. The Balaban J connectivity index is 1.92. The number of carbonyl (C=O) groups is 2. The van der Waals surface area contributed by atoms with Gasteiger partial charge in [0.05, 0.1) is 12.1 Å². The summed E-state index contributed by atoms with van der Waals surface area (Å²) in [5.74, 6) is 0. The third-order valence-electron chi connectivity index (χ3n) is 5.31. The maximum absolute atomic E-state index is 12.9. The minimum Gasteiger partial charge on any atom is -0.443 e. The predicted molar refractivity (Wildman–Crippen MR) is 114 cm³/mol. The van der Waals surface area contributed by atoms with E-state index in [-0.39, 0.29) is 12.1 Å². The lowest BCUT2D eigenvalue weighted by Gasteiger charge is -2.28. The van der Waals surface area contributed by atoms with E-state index in [9.17, 15) is 9.59 Å². The first kappa shape index (κ1) is 20.9. The molecule has 154 valence electrons. The topological polar surface area (TPSA) is 58.6 Å². The van der Waals surface area contributed by atoms with Crippen molar-refractivity contribution in [3.63, 3.8) is 0 Å². The van der Waals surface area contributed by atoms with Crippen LogP contribution >= 0.6 is 0 Å². The van der Waals surface area contributed by atoms with Crippen LogP contribution in [0, 0.1) is 13.8 Å². The third-order valence-corrected chi connectivity index (χ3v) is 5.31. The number of benzene rings is 2. The standard InChI is InChI=1S/C24H30N2O3/c1-16-10-6-8-12-18(16)14-20-21(15-19-13-9-7-11-17(19)2)26(22(27)25-20)23(28)29-24(3,4)5/h6-13,20-21H,14-15H2,1-5H3,(H,25,27)/t20-,21-/m0/s1. The van der Waals surface area contributed by atoms with Crippen molar-refractivity contribution < 1.29 is 14.3 Å². The Morgan fingerprint density at radius 1 is 0.966 bits per heavy atom. The van der Waals surface area contributed by atoms with Gasteiger partial charge in [0.25, 0.3) is 0 Å². The van der Waals surface area contributed by atoms with Crippen LogP contribution < -0.4 is 5.32 Å². The van der Waals surface area contributed by atoms with Crippen molar-refractivity contribution in [3.05, 3.63) is 70.8 Å². The SMILES string of the molecule is Cc1ccccc1C[C@@H]1NC(=O)N(C(=O)OC(C)(C)C)[C@H]1Cc1ccccc1C. The van der Waals surface area contributed by atoms with Gasteiger partial charge in [-0.25, -0.2) is 14.5 Å². The van der Waals surface area contributed by atoms with Crippen molar-refractivity contribution in [1.29, 1.82) is 0 Å². The van der Waals surface area contributed by atoms with Crippen molar-refractivity contribution in [3.8, 4) is 0 Å². The number of nitrogens with one attached hydrogen (secondary N) is 1. The molecule has 1 fully saturated rings. The van der Waals surface area contributed by atoms with E-state index < -0.39 is 17.7 Å². The fraction of sp³-hybridized carbons (Fsp3) is 0.417. The van der Waals surface area contributed by atoms with Crippen molar-refractivity contribution in [2.24, 2.45) is 0 Å². The average molecular weight is 395 g/mol. The zero-order valence-electron chi connectivity index (χ0n) is 17.9. The van der Waals surface area contributed by atoms with Gasteiger partial charge >= 0.3 is 12.1 Å². The summed E-state index contributed by atoms with van der Waals surface area (Å²) in [6.45, 7) is 9.53. The van der Waals surface area contributed by atoms with E-state index in [0.29, 0.717) is 12.8 Å². The van der Waals surface area contributed by atoms with Gasteiger partial charge in [0, 0.05) is 0 Å². The van der Waals surface area contributed by atoms with Crippen LogP contribution in [0.25, 0.3) is 0 Å². The van der Waals surface area contributed by atoms with E-state index in [1.807, 2.05) is 37.3 Å². The fourth-order valence-corrected chi connectivity index (χ4v) is 3.75. The number of rotatable bonds is 4. The quantitative estimate of drug-likeness (QED) is 0.811. The van der Waals surface area contributed by atoms with Gasteiger partial charge in [-0.15, -0.1) is 0 Å². The van der Waals surface area contributed by atoms with Crippen LogP contribution in [0.3, 0.4) is 0 Å². The van der Waals surface area contributed by atoms with Gasteiger partial charge in [-0.1, -0.05) is 48.5 Å². The summed E-state index contributed by atoms with van der Waals surface area (Å²) in [5.41, 5.74) is 3.94. The molecular formula is C24H30N2O3. The van der Waals surface area contributed by atoms with E-state index in [1.54, 1.807) is 20.8 Å². The zero-order valence-corrected chi connectivity index (χ0v) is 17.9. The van der Waals surface area contributed by atoms with Crippen molar-refractivity contribution >= 4 is 12.1 Å². The highest BCUT2D eigenvalue weighted by molar-refractivity contribution is 5.93. The van der Waals surface area contributed by atoms with Crippen LogP contribution in [0.1, 0.15) is 43.0 Å². The lowest BCUT2D eigenvalue weighted by molar-refractivity contribution is 0.0288. The monoisotopic (exact) mass is 394 g/mol. The Kier molecular flexibility index (Phi) is 5.96. The van der Waals surface area contributed by atoms with Gasteiger partial charge in [-0.3, -0.25) is 0 Å². The molecular weight excluding hydrogens is 364 g/mol. The molecule has 1 aliphatic heterocycles. The van der Waals surface area contributed by atoms with Crippen LogP contribution in [0.2, 0.25) is 0 Å². The molecule has 0 aromatic heterocycles. The number of amides is 3. The number of urea groups is 1. The molecule has 2 atom stereocenters. The number of aryl methyl sites for hydroxylation is 2. The molecule has 0 aliphatic carbocycles. The molecule has 1 saturated heterocycles. The first-order valence-electron chi connectivity index (χ1n) is 10.1. The molecule has 0 spiro atoms. The van der Waals surface area contributed by atoms with E-state index in [2.05, 4.69) is 30.4 Å². The Labute approximate surface area is 173 Å². The largest absolute Gasteiger partial charge is 0.443 e. The van der Waals surface area contributed by atoms with Crippen molar-refractivity contribution in [1.82, 2.24) is 10.2 Å². The molecule has 0 bridgehead atoms. The summed E-state index contributed by atoms with van der Waals surface area (Å²) < 4.78 is 5.54. The normalized spacial score (nSPS) is 19.2. The average Bonchev–Trinajstić information content (AvgIpc) is 2.92. The molecule has 5 nitrogen and oxygen atoms in total. The maximum Gasteiger partial charge on any atom is 0.418 e. The highest BCUT2D eigenvalue weighted by Crippen LogP contribution is 2.26. The molecule has 29 heavy (non-hydrogen) atoms. The number of ether oxygens (including phenoxy) is 1. The summed E-state index contributed by atoms with van der Waals surface area (Å²) in [6, 6.07) is 15.3. The molecule has 1 heterocycles. The minimum atomic E-state index is -0.668. The second-order valence-electron chi connectivity index (χ2n) is 8.73. The minimum absolute atomic E-state index is 0.185. The first-order valence-corrected chi connectivity index (χ1v) is 10.1. The molecule has 0 unspecified atom stereocenters. The van der Waals surface area contributed by atoms with Crippen LogP contribution in [0.4, 0.5) is 9.59 Å². The second kappa shape index (κ2) is 8.27. The number of imide groups is 1. The maximum atomic E-state index is 12.9. The van der Waals surface area contributed by atoms with E-state index >= 15 is 0 Å². The molecule has 2 aromatic carbocycles. The molecule has 0 radical (unpaired) electrons. The Morgan fingerprint density at radius 3 is 2.00 bits per heavy atom. The molecule has 3 rings (SSSR count). The van der Waals surface area contributed by atoms with Gasteiger partial charge in [-0.05, 0) is 69.7 Å². The van der Waals surface area contributed by atoms with Crippen molar-refractivity contribution in [2.45, 2.75) is 65.1 Å². The molecule has 1 N–H and O–H groups in total. The van der Waals surface area contributed by atoms with Gasteiger partial charge in [0.1, 0.15) is 5.60 Å². The van der Waals surface area contributed by atoms with Gasteiger partial charge < -0.3 is 10.1 Å². The molecule has 0 saturated carbocycles. The number of carbonyl (C=O) groups excluding carboxylic acids is 2. The smallest absolute Gasteiger partial charge is 0.418 e. The molecule has 1 aliphatic rings. The van der Waals surface area contributed by atoms with Crippen LogP contribution in [-0.2, 0) is 17.6 Å². The Bertz CT molecular complexity index is 901. The van der Waals surface area contributed by atoms with E-state index in [0.717, 1.165) is 11.1 Å². The Hall–Kier alpha value is -2.82. The summed E-state index contributed by atoms with van der Waals surface area (Å²) in [5, 5.41) is 3.02. The second-order valence-corrected chi connectivity index (χ2v) is 8.73. The van der Waals surface area contributed by atoms with Gasteiger partial charge in [-0.2, -0.15) is 0 Å². The Morgan fingerprint density at radius 2 is 1.48 bits per heavy atom. The zero-order chi connectivity index (χ0) is 21.2. The van der Waals surface area contributed by atoms with Crippen LogP contribution in [-0.4, -0.2) is 34.7 Å². The number of hydrogen-bond donors (Lipinski definition) is 1. The van der Waals surface area contributed by atoms with E-state index in [4.69, 9.17) is 4.74 Å². The predicted octanol–water partition coefficient (Wildman–Crippen LogP) is 4.79. The van der Waals surface area contributed by atoms with Gasteiger partial charge in [0.2, 0.25) is 0 Å². The number of nitrogens with zero attached hydrogens (tertiary/aromatic N) is 1. The van der Waals surface area contributed by atoms with Crippen LogP contribution in [0.15, 0.2) is 48.5 Å². The lowest BCUT2D eigenvalue weighted by Crippen LogP contribution is -2.45. The first-order chi connectivity index (χ1) is 13.7. The van der Waals surface area contributed by atoms with Crippen LogP contribution in [0.5, 0.6) is 0 Å². The van der Waals surface area contributed by atoms with Gasteiger partial charge in [0.15, 0.2) is 0 Å². The summed E-state index contributed by atoms with van der Waals surface area (Å²) in [7, 11) is 0. The lowest BCUT2D eigenvalue weighted by atomic mass is 9.92. The van der Waals surface area contributed by atoms with E-state index in [1.165, 1.54) is 16.0 Å².